The van der Waals surface area contributed by atoms with Crippen molar-refractivity contribution in [2.75, 3.05) is 37.7 Å². The highest BCUT2D eigenvalue weighted by Gasteiger charge is 2.49. The molecule has 2 saturated heterocycles. The van der Waals surface area contributed by atoms with Crippen molar-refractivity contribution in [2.24, 2.45) is 0 Å². The number of halogens is 5. The Labute approximate surface area is 255 Å². The summed E-state index contributed by atoms with van der Waals surface area (Å²) in [5, 5.41) is 11.4. The first-order chi connectivity index (χ1) is 21.6. The Hall–Kier alpha value is -4.00. The molecule has 45 heavy (non-hydrogen) atoms. The van der Waals surface area contributed by atoms with Crippen LogP contribution < -0.4 is 14.4 Å². The summed E-state index contributed by atoms with van der Waals surface area (Å²) in [6, 6.07) is 4.66. The molecule has 5 heterocycles. The zero-order valence-corrected chi connectivity index (χ0v) is 24.8. The number of nitrogens with zero attached hydrogens (tertiary/aromatic N) is 5. The van der Waals surface area contributed by atoms with E-state index in [0.717, 1.165) is 13.0 Å². The maximum Gasteiger partial charge on any atom is 0.319 e. The summed E-state index contributed by atoms with van der Waals surface area (Å²) < 4.78 is 85.9. The van der Waals surface area contributed by atoms with Crippen molar-refractivity contribution in [3.63, 3.8) is 0 Å². The van der Waals surface area contributed by atoms with Crippen LogP contribution in [0.15, 0.2) is 24.3 Å². The van der Waals surface area contributed by atoms with Gasteiger partial charge in [0.25, 0.3) is 6.43 Å². The molecule has 0 aliphatic carbocycles. The number of aromatic hydroxyl groups is 1. The summed E-state index contributed by atoms with van der Waals surface area (Å²) in [7, 11) is 0. The van der Waals surface area contributed by atoms with E-state index >= 15 is 4.39 Å². The number of hydrogen-bond acceptors (Lipinski definition) is 8. The number of benzene rings is 2. The van der Waals surface area contributed by atoms with Crippen LogP contribution in [0.25, 0.3) is 32.9 Å². The maximum atomic E-state index is 16.8. The van der Waals surface area contributed by atoms with Gasteiger partial charge >= 0.3 is 6.01 Å². The van der Waals surface area contributed by atoms with Crippen LogP contribution in [0, 0.1) is 11.6 Å². The van der Waals surface area contributed by atoms with E-state index < -0.39 is 42.4 Å². The fraction of sp³-hybridized carbons (Fsp3) is 0.469. The van der Waals surface area contributed by atoms with Gasteiger partial charge in [0.15, 0.2) is 5.82 Å². The number of aryl methyl sites for hydroxylation is 1. The van der Waals surface area contributed by atoms with Crippen LogP contribution in [0.4, 0.5) is 27.8 Å². The number of alkyl halides is 3. The molecule has 1 N–H and O–H groups in total. The Balaban J connectivity index is 1.44. The molecule has 238 valence electrons. The fourth-order valence-corrected chi connectivity index (χ4v) is 7.25. The molecule has 2 aromatic heterocycles. The molecule has 8 nitrogen and oxygen atoms in total. The predicted molar refractivity (Wildman–Crippen MR) is 158 cm³/mol. The summed E-state index contributed by atoms with van der Waals surface area (Å²) in [6.45, 7) is 3.73. The van der Waals surface area contributed by atoms with Gasteiger partial charge < -0.3 is 19.5 Å². The summed E-state index contributed by atoms with van der Waals surface area (Å²) in [5.74, 6) is -1.74. The van der Waals surface area contributed by atoms with Crippen molar-refractivity contribution >= 4 is 27.5 Å². The number of aromatic nitrogens is 3. The topological polar surface area (TPSA) is 83.8 Å². The van der Waals surface area contributed by atoms with Gasteiger partial charge in [0.1, 0.15) is 53.4 Å². The van der Waals surface area contributed by atoms with Crippen LogP contribution in [0.5, 0.6) is 17.6 Å². The lowest BCUT2D eigenvalue weighted by molar-refractivity contribution is 0.107. The van der Waals surface area contributed by atoms with E-state index in [1.165, 1.54) is 29.2 Å². The molecule has 4 aromatic rings. The number of pyridine rings is 1. The average Bonchev–Trinajstić information content (AvgIpc) is 3.49. The molecule has 0 radical (unpaired) electrons. The molecular weight excluding hydrogens is 597 g/mol. The van der Waals surface area contributed by atoms with E-state index in [1.54, 1.807) is 13.8 Å². The summed E-state index contributed by atoms with van der Waals surface area (Å²) in [4.78, 5) is 16.7. The lowest BCUT2D eigenvalue weighted by atomic mass is 9.94. The van der Waals surface area contributed by atoms with Gasteiger partial charge in [-0.15, -0.1) is 0 Å². The first-order valence-corrected chi connectivity index (χ1v) is 15.1. The first kappa shape index (κ1) is 29.7. The molecule has 3 atom stereocenters. The highest BCUT2D eigenvalue weighted by atomic mass is 19.3. The lowest BCUT2D eigenvalue weighted by Crippen LogP contribution is -2.43. The van der Waals surface area contributed by atoms with Crippen LogP contribution >= 0.6 is 0 Å². The second-order valence-corrected chi connectivity index (χ2v) is 12.2. The second-order valence-electron chi connectivity index (χ2n) is 12.2. The summed E-state index contributed by atoms with van der Waals surface area (Å²) >= 11 is 0. The number of anilines is 1. The second kappa shape index (κ2) is 11.1. The number of hydrogen-bond donors (Lipinski definition) is 1. The highest BCUT2D eigenvalue weighted by Crippen LogP contribution is 2.44. The lowest BCUT2D eigenvalue weighted by Gasteiger charge is -2.31. The maximum absolute atomic E-state index is 16.8. The van der Waals surface area contributed by atoms with Crippen molar-refractivity contribution in [1.29, 1.82) is 0 Å². The van der Waals surface area contributed by atoms with Gasteiger partial charge in [-0.3, -0.25) is 4.90 Å². The Morgan fingerprint density at radius 3 is 2.76 bits per heavy atom. The third-order valence-electron chi connectivity index (χ3n) is 9.30. The van der Waals surface area contributed by atoms with Gasteiger partial charge in [-0.2, -0.15) is 9.97 Å². The minimum absolute atomic E-state index is 0.00898. The van der Waals surface area contributed by atoms with Gasteiger partial charge in [-0.25, -0.2) is 26.9 Å². The molecule has 3 aliphatic rings. The molecule has 3 aliphatic heterocycles. The van der Waals surface area contributed by atoms with E-state index in [1.807, 2.05) is 4.90 Å². The van der Waals surface area contributed by atoms with Gasteiger partial charge in [0.05, 0.1) is 18.1 Å². The Morgan fingerprint density at radius 2 is 1.98 bits per heavy atom. The zero-order chi connectivity index (χ0) is 31.6. The zero-order valence-electron chi connectivity index (χ0n) is 24.8. The summed E-state index contributed by atoms with van der Waals surface area (Å²) in [6.07, 6.45) is -1.59. The monoisotopic (exact) mass is 629 g/mol. The van der Waals surface area contributed by atoms with Crippen LogP contribution in [0.1, 0.15) is 38.7 Å². The SMILES string of the molecule is CCc1c(F)ccc2cc(O)cc(-c3nc4c5c(nc(OCC67CCCN6C[C@H](F)C7)nc5c3F)N(CC(F)F)[C@@H](C)CO4)c12. The molecule has 0 spiro atoms. The molecular formula is C32H32F5N5O3. The van der Waals surface area contributed by atoms with Crippen LogP contribution in [0.3, 0.4) is 0 Å². The van der Waals surface area contributed by atoms with Crippen molar-refractivity contribution in [2.45, 2.75) is 63.7 Å². The third-order valence-corrected chi connectivity index (χ3v) is 9.30. The number of phenols is 1. The van der Waals surface area contributed by atoms with Crippen LogP contribution in [-0.4, -0.2) is 82.0 Å². The van der Waals surface area contributed by atoms with E-state index in [4.69, 9.17) is 9.47 Å². The van der Waals surface area contributed by atoms with Crippen molar-refractivity contribution < 1.29 is 36.5 Å². The first-order valence-electron chi connectivity index (χ1n) is 15.1. The molecule has 7 rings (SSSR count). The summed E-state index contributed by atoms with van der Waals surface area (Å²) in [5.41, 5.74) is -0.682. The smallest absolute Gasteiger partial charge is 0.319 e. The van der Waals surface area contributed by atoms with Gasteiger partial charge in [-0.1, -0.05) is 13.0 Å². The Kier molecular flexibility index (Phi) is 7.33. The number of ether oxygens (including phenoxy) is 2. The molecule has 2 aromatic carbocycles. The molecule has 0 saturated carbocycles. The van der Waals surface area contributed by atoms with E-state index in [9.17, 15) is 22.7 Å². The largest absolute Gasteiger partial charge is 0.508 e. The molecule has 0 bridgehead atoms. The highest BCUT2D eigenvalue weighted by molar-refractivity contribution is 6.03. The Bertz CT molecular complexity index is 1810. The quantitative estimate of drug-likeness (QED) is 0.242. The van der Waals surface area contributed by atoms with E-state index in [2.05, 4.69) is 15.0 Å². The van der Waals surface area contributed by atoms with E-state index in [-0.39, 0.29) is 71.7 Å². The van der Waals surface area contributed by atoms with Crippen LogP contribution in [0.2, 0.25) is 0 Å². The average molecular weight is 630 g/mol. The van der Waals surface area contributed by atoms with Gasteiger partial charge in [0.2, 0.25) is 5.88 Å². The van der Waals surface area contributed by atoms with Crippen molar-refractivity contribution in [3.05, 3.63) is 41.5 Å². The van der Waals surface area contributed by atoms with Gasteiger partial charge in [-0.05, 0) is 67.3 Å². The van der Waals surface area contributed by atoms with E-state index in [0.29, 0.717) is 29.3 Å². The van der Waals surface area contributed by atoms with Crippen molar-refractivity contribution in [3.8, 4) is 28.9 Å². The third kappa shape index (κ3) is 4.95. The van der Waals surface area contributed by atoms with Gasteiger partial charge in [0, 0.05) is 18.5 Å². The minimum Gasteiger partial charge on any atom is -0.508 e. The molecule has 13 heteroatoms. The number of phenolic OH excluding ortho intramolecular Hbond substituents is 1. The molecule has 0 amide bonds. The molecule has 1 unspecified atom stereocenters. The fourth-order valence-electron chi connectivity index (χ4n) is 7.25. The number of fused-ring (bicyclic) bond motifs is 2. The Morgan fingerprint density at radius 1 is 1.16 bits per heavy atom. The predicted octanol–water partition coefficient (Wildman–Crippen LogP) is 6.20. The molecule has 2 fully saturated rings. The van der Waals surface area contributed by atoms with Crippen molar-refractivity contribution in [1.82, 2.24) is 19.9 Å². The number of rotatable bonds is 7. The minimum atomic E-state index is -2.74. The normalized spacial score (nSPS) is 23.2. The standard InChI is InChI=1S/C32H32F5N5O3/c1-3-20-22(34)6-5-17-9-19(43)10-21(24(17)20)27-26(37)28-25-29(42(13-23(35)36)16(2)14-44-30(25)38-27)40-31(39-28)45-15-32-7-4-8-41(32)12-18(33)11-32/h5-6,9-10,16,18,23,43H,3-4,7-8,11-15H2,1-2H3/t16-,18+,32?/m0/s1. The van der Waals surface area contributed by atoms with Crippen LogP contribution in [-0.2, 0) is 6.42 Å².